The molecule has 0 aliphatic carbocycles. The molecule has 3 aromatic carbocycles. The number of hydrogen-bond donors (Lipinski definition) is 1. The Morgan fingerprint density at radius 2 is 1.56 bits per heavy atom. The summed E-state index contributed by atoms with van der Waals surface area (Å²) in [5, 5.41) is 2.99. The fourth-order valence-electron chi connectivity index (χ4n) is 4.61. The molecule has 3 rings (SSSR count). The van der Waals surface area contributed by atoms with Crippen molar-refractivity contribution < 1.29 is 18.0 Å². The molecular formula is C32H40BrN3O4S. The lowest BCUT2D eigenvalue weighted by atomic mass is 10.0. The van der Waals surface area contributed by atoms with Gasteiger partial charge in [-0.05, 0) is 80.6 Å². The molecule has 0 aromatic heterocycles. The Kier molecular flexibility index (Phi) is 11.5. The second-order valence-electron chi connectivity index (χ2n) is 10.7. The largest absolute Gasteiger partial charge is 0.352 e. The van der Waals surface area contributed by atoms with Crippen molar-refractivity contribution in [1.29, 1.82) is 0 Å². The zero-order chi connectivity index (χ0) is 30.2. The summed E-state index contributed by atoms with van der Waals surface area (Å²) in [7, 11) is -3.56. The van der Waals surface area contributed by atoms with E-state index < -0.39 is 16.1 Å². The average Bonchev–Trinajstić information content (AvgIpc) is 2.90. The van der Waals surface area contributed by atoms with Crippen LogP contribution in [0, 0.1) is 13.8 Å². The highest BCUT2D eigenvalue weighted by molar-refractivity contribution is 9.10. The van der Waals surface area contributed by atoms with Crippen molar-refractivity contribution in [3.63, 3.8) is 0 Å². The van der Waals surface area contributed by atoms with Crippen LogP contribution >= 0.6 is 15.9 Å². The molecule has 0 heterocycles. The number of aryl methyl sites for hydroxylation is 2. The van der Waals surface area contributed by atoms with Crippen molar-refractivity contribution in [2.24, 2.45) is 0 Å². The molecule has 1 N–H and O–H groups in total. The number of carbonyl (C=O) groups is 2. The van der Waals surface area contributed by atoms with Crippen LogP contribution in [0.15, 0.2) is 77.3 Å². The Balaban J connectivity index is 1.88. The predicted octanol–water partition coefficient (Wildman–Crippen LogP) is 5.78. The highest BCUT2D eigenvalue weighted by atomic mass is 79.9. The molecular weight excluding hydrogens is 602 g/mol. The van der Waals surface area contributed by atoms with Crippen LogP contribution in [-0.2, 0) is 32.6 Å². The van der Waals surface area contributed by atoms with Crippen LogP contribution in [0.1, 0.15) is 48.9 Å². The first-order valence-electron chi connectivity index (χ1n) is 13.8. The Bertz CT molecular complexity index is 1430. The molecule has 9 heteroatoms. The smallest absolute Gasteiger partial charge is 0.243 e. The van der Waals surface area contributed by atoms with Crippen LogP contribution in [0.25, 0.3) is 0 Å². The lowest BCUT2D eigenvalue weighted by Crippen LogP contribution is -2.51. The van der Waals surface area contributed by atoms with Crippen LogP contribution in [0.4, 0.5) is 5.69 Å². The summed E-state index contributed by atoms with van der Waals surface area (Å²) >= 11 is 3.46. The second-order valence-corrected chi connectivity index (χ2v) is 13.5. The molecule has 1 unspecified atom stereocenters. The van der Waals surface area contributed by atoms with Crippen LogP contribution in [0.5, 0.6) is 0 Å². The highest BCUT2D eigenvalue weighted by Crippen LogP contribution is 2.23. The standard InChI is InChI=1S/C32H40BrN3O4S/c1-23(2)34-32(38)30(21-26-10-7-6-8-11-26)35(22-27-14-16-28(33)17-15-27)31(37)12-9-19-36(41(5,39)40)29-18-13-24(3)25(4)20-29/h6-8,10-11,13-18,20,23,30H,9,12,19,21-22H2,1-5H3,(H,34,38). The van der Waals surface area contributed by atoms with Crippen molar-refractivity contribution in [1.82, 2.24) is 10.2 Å². The summed E-state index contributed by atoms with van der Waals surface area (Å²) in [5.74, 6) is -0.427. The predicted molar refractivity (Wildman–Crippen MR) is 169 cm³/mol. The minimum Gasteiger partial charge on any atom is -0.352 e. The van der Waals surface area contributed by atoms with Crippen molar-refractivity contribution in [2.45, 2.75) is 65.6 Å². The Labute approximate surface area is 253 Å². The van der Waals surface area contributed by atoms with Crippen LogP contribution in [-0.4, -0.2) is 50.0 Å². The Morgan fingerprint density at radius 3 is 2.15 bits per heavy atom. The lowest BCUT2D eigenvalue weighted by molar-refractivity contribution is -0.141. The number of carbonyl (C=O) groups excluding carboxylic acids is 2. The first-order valence-corrected chi connectivity index (χ1v) is 16.4. The molecule has 0 radical (unpaired) electrons. The number of amides is 2. The molecule has 220 valence electrons. The fraction of sp³-hybridized carbons (Fsp3) is 0.375. The van der Waals surface area contributed by atoms with Gasteiger partial charge in [0.1, 0.15) is 6.04 Å². The maximum Gasteiger partial charge on any atom is 0.243 e. The number of nitrogens with zero attached hydrogens (tertiary/aromatic N) is 2. The van der Waals surface area contributed by atoms with Crippen LogP contribution < -0.4 is 9.62 Å². The molecule has 3 aromatic rings. The fourth-order valence-corrected chi connectivity index (χ4v) is 5.83. The van der Waals surface area contributed by atoms with Crippen molar-refractivity contribution in [3.05, 3.63) is 99.5 Å². The van der Waals surface area contributed by atoms with E-state index in [4.69, 9.17) is 0 Å². The van der Waals surface area contributed by atoms with Gasteiger partial charge in [-0.2, -0.15) is 0 Å². The maximum atomic E-state index is 13.9. The third-order valence-corrected chi connectivity index (χ3v) is 8.62. The van der Waals surface area contributed by atoms with E-state index in [-0.39, 0.29) is 37.4 Å². The molecule has 0 fully saturated rings. The van der Waals surface area contributed by atoms with Gasteiger partial charge in [-0.25, -0.2) is 8.42 Å². The SMILES string of the molecule is Cc1ccc(N(CCCC(=O)N(Cc2ccc(Br)cc2)C(Cc2ccccc2)C(=O)NC(C)C)S(C)(=O)=O)cc1C. The zero-order valence-corrected chi connectivity index (χ0v) is 26.8. The summed E-state index contributed by atoms with van der Waals surface area (Å²) in [5.41, 5.74) is 4.49. The van der Waals surface area contributed by atoms with E-state index in [2.05, 4.69) is 21.2 Å². The topological polar surface area (TPSA) is 86.8 Å². The van der Waals surface area contributed by atoms with Crippen molar-refractivity contribution in [2.75, 3.05) is 17.1 Å². The monoisotopic (exact) mass is 641 g/mol. The number of rotatable bonds is 13. The Morgan fingerprint density at radius 1 is 0.902 bits per heavy atom. The summed E-state index contributed by atoms with van der Waals surface area (Å²) in [6.45, 7) is 8.11. The number of benzene rings is 3. The van der Waals surface area contributed by atoms with Gasteiger partial charge in [0.2, 0.25) is 21.8 Å². The van der Waals surface area contributed by atoms with Gasteiger partial charge < -0.3 is 10.2 Å². The van der Waals surface area contributed by atoms with Gasteiger partial charge in [0.25, 0.3) is 0 Å². The molecule has 0 bridgehead atoms. The average molecular weight is 643 g/mol. The first-order chi connectivity index (χ1) is 19.3. The normalized spacial score (nSPS) is 12.2. The quantitative estimate of drug-likeness (QED) is 0.256. The summed E-state index contributed by atoms with van der Waals surface area (Å²) < 4.78 is 27.6. The molecule has 1 atom stereocenters. The molecule has 0 saturated heterocycles. The Hall–Kier alpha value is -3.17. The van der Waals surface area contributed by atoms with E-state index in [1.165, 1.54) is 10.6 Å². The van der Waals surface area contributed by atoms with E-state index in [9.17, 15) is 18.0 Å². The first kappa shape index (κ1) is 32.3. The second kappa shape index (κ2) is 14.6. The van der Waals surface area contributed by atoms with Gasteiger partial charge in [-0.3, -0.25) is 13.9 Å². The molecule has 0 aliphatic heterocycles. The third-order valence-electron chi connectivity index (χ3n) is 6.90. The number of sulfonamides is 1. The van der Waals surface area contributed by atoms with Crippen molar-refractivity contribution in [3.8, 4) is 0 Å². The van der Waals surface area contributed by atoms with Crippen LogP contribution in [0.2, 0.25) is 0 Å². The minimum absolute atomic E-state index is 0.0909. The number of anilines is 1. The molecule has 2 amide bonds. The van der Waals surface area contributed by atoms with Crippen molar-refractivity contribution >= 4 is 43.5 Å². The summed E-state index contributed by atoms with van der Waals surface area (Å²) in [6.07, 6.45) is 1.93. The van der Waals surface area contributed by atoms with E-state index in [1.54, 1.807) is 11.0 Å². The molecule has 41 heavy (non-hydrogen) atoms. The number of halogens is 1. The number of hydrogen-bond acceptors (Lipinski definition) is 4. The lowest BCUT2D eigenvalue weighted by Gasteiger charge is -2.32. The molecule has 7 nitrogen and oxygen atoms in total. The maximum absolute atomic E-state index is 13.9. The van der Waals surface area contributed by atoms with Gasteiger partial charge in [-0.15, -0.1) is 0 Å². The summed E-state index contributed by atoms with van der Waals surface area (Å²) in [6, 6.07) is 22.0. The van der Waals surface area contributed by atoms with Crippen LogP contribution in [0.3, 0.4) is 0 Å². The van der Waals surface area contributed by atoms with E-state index in [1.807, 2.05) is 94.4 Å². The minimum atomic E-state index is -3.56. The number of nitrogens with one attached hydrogen (secondary N) is 1. The third kappa shape index (κ3) is 9.71. The van der Waals surface area contributed by atoms with Gasteiger partial charge in [0.05, 0.1) is 11.9 Å². The van der Waals surface area contributed by atoms with Gasteiger partial charge in [-0.1, -0.05) is 64.5 Å². The van der Waals surface area contributed by atoms with E-state index >= 15 is 0 Å². The van der Waals surface area contributed by atoms with E-state index in [0.29, 0.717) is 18.5 Å². The van der Waals surface area contributed by atoms with E-state index in [0.717, 1.165) is 26.7 Å². The zero-order valence-electron chi connectivity index (χ0n) is 24.4. The molecule has 0 saturated carbocycles. The molecule has 0 aliphatic rings. The molecule has 0 spiro atoms. The highest BCUT2D eigenvalue weighted by Gasteiger charge is 2.31. The van der Waals surface area contributed by atoms with Gasteiger partial charge >= 0.3 is 0 Å². The van der Waals surface area contributed by atoms with Gasteiger partial charge in [0, 0.05) is 36.4 Å². The summed E-state index contributed by atoms with van der Waals surface area (Å²) in [4.78, 5) is 29.0. The van der Waals surface area contributed by atoms with Gasteiger partial charge in [0.15, 0.2) is 0 Å².